The number of ether oxygens (including phenoxy) is 1. The van der Waals surface area contributed by atoms with Crippen molar-refractivity contribution in [3.63, 3.8) is 0 Å². The lowest BCUT2D eigenvalue weighted by Crippen LogP contribution is -2.21. The van der Waals surface area contributed by atoms with Crippen LogP contribution >= 0.6 is 11.6 Å². The van der Waals surface area contributed by atoms with E-state index in [1.807, 2.05) is 97.1 Å². The molecular formula is C33H23ClN2O2. The number of benzene rings is 5. The summed E-state index contributed by atoms with van der Waals surface area (Å²) in [5.41, 5.74) is 4.41. The Morgan fingerprint density at radius 1 is 0.789 bits per heavy atom. The molecule has 0 N–H and O–H groups in total. The molecule has 38 heavy (non-hydrogen) atoms. The lowest BCUT2D eigenvalue weighted by molar-refractivity contribution is -0.114. The van der Waals surface area contributed by atoms with Crippen LogP contribution in [-0.4, -0.2) is 11.6 Å². The third-order valence-electron chi connectivity index (χ3n) is 6.46. The second-order valence-corrected chi connectivity index (χ2v) is 9.37. The van der Waals surface area contributed by atoms with Crippen LogP contribution in [0.2, 0.25) is 5.02 Å². The fourth-order valence-electron chi connectivity index (χ4n) is 4.59. The van der Waals surface area contributed by atoms with Crippen molar-refractivity contribution in [2.24, 2.45) is 5.10 Å². The molecule has 0 fully saturated rings. The lowest BCUT2D eigenvalue weighted by Gasteiger charge is -2.13. The van der Waals surface area contributed by atoms with Crippen LogP contribution in [0.5, 0.6) is 5.75 Å². The van der Waals surface area contributed by atoms with Crippen molar-refractivity contribution in [2.75, 3.05) is 5.01 Å². The molecule has 1 amide bonds. The number of halogens is 1. The predicted octanol–water partition coefficient (Wildman–Crippen LogP) is 7.91. The van der Waals surface area contributed by atoms with Gasteiger partial charge in [0.25, 0.3) is 5.91 Å². The van der Waals surface area contributed by atoms with E-state index in [1.54, 1.807) is 6.07 Å². The topological polar surface area (TPSA) is 41.9 Å². The van der Waals surface area contributed by atoms with E-state index in [0.29, 0.717) is 39.9 Å². The van der Waals surface area contributed by atoms with Crippen LogP contribution in [0.4, 0.5) is 5.69 Å². The number of para-hydroxylation sites is 1. The first kappa shape index (κ1) is 23.7. The average Bonchev–Trinajstić information content (AvgIpc) is 3.29. The molecule has 0 atom stereocenters. The molecule has 0 radical (unpaired) electrons. The van der Waals surface area contributed by atoms with Gasteiger partial charge in [0.1, 0.15) is 18.1 Å². The van der Waals surface area contributed by atoms with E-state index in [4.69, 9.17) is 21.4 Å². The zero-order valence-corrected chi connectivity index (χ0v) is 21.2. The van der Waals surface area contributed by atoms with Crippen molar-refractivity contribution in [1.29, 1.82) is 0 Å². The summed E-state index contributed by atoms with van der Waals surface area (Å²) in [4.78, 5) is 13.7. The van der Waals surface area contributed by atoms with Crippen LogP contribution in [0.3, 0.4) is 0 Å². The number of carbonyl (C=O) groups excluding carboxylic acids is 1. The number of rotatable bonds is 6. The van der Waals surface area contributed by atoms with E-state index in [0.717, 1.165) is 21.9 Å². The molecule has 0 bridgehead atoms. The maximum atomic E-state index is 13.7. The van der Waals surface area contributed by atoms with Crippen molar-refractivity contribution in [1.82, 2.24) is 0 Å². The highest BCUT2D eigenvalue weighted by Gasteiger charge is 2.32. The van der Waals surface area contributed by atoms with E-state index >= 15 is 0 Å². The molecule has 1 heterocycles. The summed E-state index contributed by atoms with van der Waals surface area (Å²) in [6.07, 6.45) is 1.82. The molecule has 6 rings (SSSR count). The molecular weight excluding hydrogens is 492 g/mol. The summed E-state index contributed by atoms with van der Waals surface area (Å²) in [5, 5.41) is 9.02. The molecule has 0 spiro atoms. The van der Waals surface area contributed by atoms with Crippen LogP contribution in [0.25, 0.3) is 16.8 Å². The summed E-state index contributed by atoms with van der Waals surface area (Å²) < 4.78 is 6.32. The van der Waals surface area contributed by atoms with Gasteiger partial charge in [-0.2, -0.15) is 10.1 Å². The highest BCUT2D eigenvalue weighted by molar-refractivity contribution is 6.37. The molecule has 1 aliphatic heterocycles. The minimum atomic E-state index is -0.213. The maximum Gasteiger partial charge on any atom is 0.281 e. The second kappa shape index (κ2) is 10.4. The first-order valence-electron chi connectivity index (χ1n) is 12.3. The molecule has 0 aliphatic carbocycles. The standard InChI is InChI=1S/C33H23ClN2O2/c34-27-18-19-31(38-22-25-14-9-13-23-10-7-8-17-29(23)25)26(20-27)21-30-32(24-11-3-1-4-12-24)35-36(33(30)37)28-15-5-2-6-16-28/h1-21H,22H2/b30-21-. The van der Waals surface area contributed by atoms with Gasteiger partial charge in [0, 0.05) is 16.1 Å². The van der Waals surface area contributed by atoms with Gasteiger partial charge in [-0.1, -0.05) is 103 Å². The van der Waals surface area contributed by atoms with Gasteiger partial charge in [-0.3, -0.25) is 4.79 Å². The Kier molecular flexibility index (Phi) is 6.47. The van der Waals surface area contributed by atoms with Crippen molar-refractivity contribution < 1.29 is 9.53 Å². The smallest absolute Gasteiger partial charge is 0.281 e. The van der Waals surface area contributed by atoms with E-state index in [1.165, 1.54) is 5.01 Å². The number of hydrogen-bond donors (Lipinski definition) is 0. The van der Waals surface area contributed by atoms with Crippen molar-refractivity contribution in [2.45, 2.75) is 6.61 Å². The fourth-order valence-corrected chi connectivity index (χ4v) is 4.77. The van der Waals surface area contributed by atoms with Crippen molar-refractivity contribution >= 4 is 45.8 Å². The maximum absolute atomic E-state index is 13.7. The van der Waals surface area contributed by atoms with Crippen LogP contribution in [0.1, 0.15) is 16.7 Å². The number of nitrogens with zero attached hydrogens (tertiary/aromatic N) is 2. The van der Waals surface area contributed by atoms with Gasteiger partial charge in [0.15, 0.2) is 0 Å². The van der Waals surface area contributed by atoms with Crippen LogP contribution in [-0.2, 0) is 11.4 Å². The largest absolute Gasteiger partial charge is 0.488 e. The third-order valence-corrected chi connectivity index (χ3v) is 6.70. The third kappa shape index (κ3) is 4.70. The van der Waals surface area contributed by atoms with E-state index in [-0.39, 0.29) is 5.91 Å². The molecule has 5 heteroatoms. The molecule has 0 saturated carbocycles. The predicted molar refractivity (Wildman–Crippen MR) is 155 cm³/mol. The van der Waals surface area contributed by atoms with Gasteiger partial charge < -0.3 is 4.74 Å². The SMILES string of the molecule is O=C1/C(=C\c2cc(Cl)ccc2OCc2cccc3ccccc23)C(c2ccccc2)=NN1c1ccccc1. The van der Waals surface area contributed by atoms with Gasteiger partial charge in [0.05, 0.1) is 11.3 Å². The van der Waals surface area contributed by atoms with Crippen molar-refractivity contribution in [3.05, 3.63) is 149 Å². The first-order valence-corrected chi connectivity index (χ1v) is 12.7. The Labute approximate surface area is 226 Å². The monoisotopic (exact) mass is 514 g/mol. The second-order valence-electron chi connectivity index (χ2n) is 8.93. The lowest BCUT2D eigenvalue weighted by atomic mass is 10.00. The van der Waals surface area contributed by atoms with Gasteiger partial charge in [-0.25, -0.2) is 0 Å². The van der Waals surface area contributed by atoms with Crippen molar-refractivity contribution in [3.8, 4) is 5.75 Å². The summed E-state index contributed by atoms with van der Waals surface area (Å²) in [5.74, 6) is 0.420. The highest BCUT2D eigenvalue weighted by atomic mass is 35.5. The Morgan fingerprint density at radius 3 is 2.32 bits per heavy atom. The van der Waals surface area contributed by atoms with Crippen LogP contribution in [0.15, 0.2) is 132 Å². The quantitative estimate of drug-likeness (QED) is 0.216. The Hall–Kier alpha value is -4.67. The fraction of sp³-hybridized carbons (Fsp3) is 0.0303. The molecule has 5 aromatic rings. The summed E-state index contributed by atoms with van der Waals surface area (Å²) in [6.45, 7) is 0.378. The molecule has 4 nitrogen and oxygen atoms in total. The molecule has 5 aromatic carbocycles. The van der Waals surface area contributed by atoms with Gasteiger partial charge >= 0.3 is 0 Å². The van der Waals surface area contributed by atoms with Gasteiger partial charge in [-0.15, -0.1) is 0 Å². The minimum absolute atomic E-state index is 0.213. The average molecular weight is 515 g/mol. The number of hydrazone groups is 1. The van der Waals surface area contributed by atoms with Gasteiger partial charge in [-0.05, 0) is 52.7 Å². The van der Waals surface area contributed by atoms with E-state index in [9.17, 15) is 4.79 Å². The number of hydrogen-bond acceptors (Lipinski definition) is 3. The molecule has 184 valence electrons. The molecule has 0 saturated heterocycles. The first-order chi connectivity index (χ1) is 18.7. The minimum Gasteiger partial charge on any atom is -0.488 e. The van der Waals surface area contributed by atoms with Crippen LogP contribution in [0, 0.1) is 0 Å². The molecule has 0 unspecified atom stereocenters. The zero-order chi connectivity index (χ0) is 25.9. The summed E-state index contributed by atoms with van der Waals surface area (Å²) in [7, 11) is 0. The zero-order valence-electron chi connectivity index (χ0n) is 20.4. The molecule has 0 aromatic heterocycles. The van der Waals surface area contributed by atoms with E-state index < -0.39 is 0 Å². The molecule has 1 aliphatic rings. The Balaban J connectivity index is 1.39. The summed E-state index contributed by atoms with van der Waals surface area (Å²) in [6, 6.07) is 39.0. The normalized spacial score (nSPS) is 14.2. The Bertz CT molecular complexity index is 1690. The van der Waals surface area contributed by atoms with E-state index in [2.05, 4.69) is 24.3 Å². The van der Waals surface area contributed by atoms with Crippen LogP contribution < -0.4 is 9.75 Å². The highest BCUT2D eigenvalue weighted by Crippen LogP contribution is 2.32. The summed E-state index contributed by atoms with van der Waals surface area (Å²) >= 11 is 6.40. The Morgan fingerprint density at radius 2 is 1.50 bits per heavy atom. The number of amides is 1. The number of fused-ring (bicyclic) bond motifs is 1. The number of carbonyl (C=O) groups is 1. The van der Waals surface area contributed by atoms with Gasteiger partial charge in [0.2, 0.25) is 0 Å². The number of anilines is 1.